The highest BCUT2D eigenvalue weighted by Crippen LogP contribution is 2.67. The number of hydrogen-bond donors (Lipinski definition) is 1. The number of nitrogens with zero attached hydrogens (tertiary/aromatic N) is 2. The minimum atomic E-state index is -3.80. The Kier molecular flexibility index (Phi) is 13.6. The second-order valence-electron chi connectivity index (χ2n) is 16.2. The highest BCUT2D eigenvalue weighted by Gasteiger charge is 2.66. The minimum absolute atomic E-state index is 0.00601. The van der Waals surface area contributed by atoms with Crippen LogP contribution in [0.4, 0.5) is 9.59 Å². The first-order chi connectivity index (χ1) is 23.6. The van der Waals surface area contributed by atoms with Gasteiger partial charge in [0.25, 0.3) is 0 Å². The molecule has 0 aliphatic carbocycles. The molecule has 12 heteroatoms. The van der Waals surface area contributed by atoms with Gasteiger partial charge in [-0.25, -0.2) is 14.5 Å². The van der Waals surface area contributed by atoms with Crippen LogP contribution >= 0.6 is 7.37 Å². The van der Waals surface area contributed by atoms with Gasteiger partial charge in [0.2, 0.25) is 7.37 Å². The van der Waals surface area contributed by atoms with Crippen molar-refractivity contribution in [3.63, 3.8) is 0 Å². The number of imide groups is 1. The third kappa shape index (κ3) is 10.4. The maximum absolute atomic E-state index is 15.0. The third-order valence-corrected chi connectivity index (χ3v) is 12.2. The third-order valence-electron chi connectivity index (χ3n) is 8.82. The molecule has 0 radical (unpaired) electrons. The monoisotopic (exact) mass is 730 g/mol. The largest absolute Gasteiger partial charge is 0.497 e. The van der Waals surface area contributed by atoms with Crippen molar-refractivity contribution in [3.05, 3.63) is 54.1 Å². The molecule has 1 fully saturated rings. The van der Waals surface area contributed by atoms with E-state index in [1.807, 2.05) is 69.3 Å². The van der Waals surface area contributed by atoms with Crippen molar-refractivity contribution in [2.45, 2.75) is 117 Å². The zero-order valence-corrected chi connectivity index (χ0v) is 33.3. The number of carbonyl (C=O) groups excluding carboxylic acids is 2. The van der Waals surface area contributed by atoms with Gasteiger partial charge in [0.1, 0.15) is 17.0 Å². The zero-order valence-electron chi connectivity index (χ0n) is 32.4. The highest BCUT2D eigenvalue weighted by molar-refractivity contribution is 7.62. The van der Waals surface area contributed by atoms with Gasteiger partial charge >= 0.3 is 18.2 Å². The van der Waals surface area contributed by atoms with E-state index in [9.17, 15) is 24.1 Å². The molecule has 0 bridgehead atoms. The van der Waals surface area contributed by atoms with Gasteiger partial charge in [-0.05, 0) is 102 Å². The first kappa shape index (κ1) is 42.0. The van der Waals surface area contributed by atoms with Crippen molar-refractivity contribution < 1.29 is 42.8 Å². The Balaban J connectivity index is 2.03. The Labute approximate surface area is 304 Å². The van der Waals surface area contributed by atoms with Crippen molar-refractivity contribution in [2.24, 2.45) is 5.41 Å². The van der Waals surface area contributed by atoms with Crippen molar-refractivity contribution in [1.82, 2.24) is 9.80 Å². The molecule has 1 heterocycles. The number of amides is 2. The number of aliphatic carboxylic acids is 1. The van der Waals surface area contributed by atoms with Gasteiger partial charge in [0, 0.05) is 31.8 Å². The lowest BCUT2D eigenvalue weighted by Crippen LogP contribution is -2.66. The Hall–Kier alpha value is -3.40. The number of rotatable bonds is 12. The van der Waals surface area contributed by atoms with Crippen LogP contribution in [0.3, 0.4) is 0 Å². The first-order valence-electron chi connectivity index (χ1n) is 17.8. The molecule has 0 saturated carbocycles. The summed E-state index contributed by atoms with van der Waals surface area (Å²) in [6.07, 6.45) is -1.15. The van der Waals surface area contributed by atoms with Crippen LogP contribution in [-0.4, -0.2) is 88.4 Å². The Morgan fingerprint density at radius 1 is 0.922 bits per heavy atom. The number of hydrogen-bond acceptors (Lipinski definition) is 9. The fourth-order valence-corrected chi connectivity index (χ4v) is 10.5. The van der Waals surface area contributed by atoms with Crippen molar-refractivity contribution >= 4 is 25.5 Å². The average Bonchev–Trinajstić information content (AvgIpc) is 3.00. The molecule has 0 spiro atoms. The molecule has 3 unspecified atom stereocenters. The molecule has 0 aromatic heterocycles. The van der Waals surface area contributed by atoms with Gasteiger partial charge in [0.15, 0.2) is 5.16 Å². The van der Waals surface area contributed by atoms with E-state index in [2.05, 4.69) is 4.90 Å². The van der Waals surface area contributed by atoms with Gasteiger partial charge in [-0.3, -0.25) is 14.3 Å². The van der Waals surface area contributed by atoms with Crippen LogP contribution < -0.4 is 4.74 Å². The number of carbonyl (C=O) groups is 3. The van der Waals surface area contributed by atoms with Crippen LogP contribution in [0.15, 0.2) is 48.5 Å². The first-order valence-corrected chi connectivity index (χ1v) is 19.6. The summed E-state index contributed by atoms with van der Waals surface area (Å²) in [6, 6.07) is 15.1. The quantitative estimate of drug-likeness (QED) is 0.167. The van der Waals surface area contributed by atoms with E-state index < -0.39 is 53.3 Å². The number of carboxylic acids is 1. The molecular weight excluding hydrogens is 671 g/mol. The van der Waals surface area contributed by atoms with E-state index in [0.717, 1.165) is 27.3 Å². The summed E-state index contributed by atoms with van der Waals surface area (Å²) in [7, 11) is -2.17. The topological polar surface area (TPSA) is 132 Å². The Bertz CT molecular complexity index is 1550. The molecule has 284 valence electrons. The lowest BCUT2D eigenvalue weighted by Gasteiger charge is -2.55. The van der Waals surface area contributed by atoms with E-state index >= 15 is 0 Å². The van der Waals surface area contributed by atoms with Crippen LogP contribution in [0.5, 0.6) is 5.75 Å². The zero-order chi connectivity index (χ0) is 38.4. The Morgan fingerprint density at radius 3 is 2.06 bits per heavy atom. The summed E-state index contributed by atoms with van der Waals surface area (Å²) in [5.74, 6) is -0.451. The molecule has 1 saturated heterocycles. The Morgan fingerprint density at radius 2 is 1.53 bits per heavy atom. The SMILES string of the molecule is CCOP1(=O)CCN(Cc2ccccc2-c2cccc(OC)c2)C(C(C)(C)C)C1(CCCCN(C(=O)OC(C)(C)C)C(=O)OC(C)(C)C)C(=O)O. The minimum Gasteiger partial charge on any atom is -0.497 e. The molecule has 1 N–H and O–H groups in total. The number of ether oxygens (including phenoxy) is 3. The summed E-state index contributed by atoms with van der Waals surface area (Å²) in [5, 5.41) is 9.48. The maximum atomic E-state index is 15.0. The van der Waals surface area contributed by atoms with Crippen molar-refractivity contribution in [2.75, 3.05) is 33.0 Å². The highest BCUT2D eigenvalue weighted by atomic mass is 31.2. The van der Waals surface area contributed by atoms with Gasteiger partial charge in [-0.1, -0.05) is 57.2 Å². The lowest BCUT2D eigenvalue weighted by molar-refractivity contribution is -0.146. The molecule has 1 aliphatic heterocycles. The van der Waals surface area contributed by atoms with Gasteiger partial charge in [-0.15, -0.1) is 0 Å². The normalized spacial score (nSPS) is 21.5. The smallest absolute Gasteiger partial charge is 0.419 e. The summed E-state index contributed by atoms with van der Waals surface area (Å²) in [6.45, 7) is 18.7. The van der Waals surface area contributed by atoms with E-state index in [0.29, 0.717) is 13.1 Å². The van der Waals surface area contributed by atoms with E-state index in [-0.39, 0.29) is 38.6 Å². The van der Waals surface area contributed by atoms with Crippen LogP contribution in [0.1, 0.15) is 94.1 Å². The molecular formula is C39H59N2O9P. The summed E-state index contributed by atoms with van der Waals surface area (Å²) < 4.78 is 37.5. The van der Waals surface area contributed by atoms with E-state index in [1.165, 1.54) is 0 Å². The second-order valence-corrected chi connectivity index (χ2v) is 19.1. The van der Waals surface area contributed by atoms with Crippen LogP contribution in [-0.2, 0) is 29.9 Å². The fraction of sp³-hybridized carbons (Fsp3) is 0.615. The lowest BCUT2D eigenvalue weighted by atomic mass is 9.74. The molecule has 51 heavy (non-hydrogen) atoms. The predicted octanol–water partition coefficient (Wildman–Crippen LogP) is 9.07. The van der Waals surface area contributed by atoms with Gasteiger partial charge in [0.05, 0.1) is 13.7 Å². The van der Waals surface area contributed by atoms with Crippen LogP contribution in [0.25, 0.3) is 11.1 Å². The molecule has 2 aromatic carbocycles. The average molecular weight is 731 g/mol. The van der Waals surface area contributed by atoms with Crippen LogP contribution in [0.2, 0.25) is 0 Å². The molecule has 11 nitrogen and oxygen atoms in total. The van der Waals surface area contributed by atoms with E-state index in [1.54, 1.807) is 55.6 Å². The molecule has 2 amide bonds. The maximum Gasteiger partial charge on any atom is 0.419 e. The van der Waals surface area contributed by atoms with E-state index in [4.69, 9.17) is 18.7 Å². The molecule has 1 aliphatic rings. The number of benzene rings is 2. The molecule has 3 atom stereocenters. The van der Waals surface area contributed by atoms with Crippen LogP contribution in [0, 0.1) is 5.41 Å². The van der Waals surface area contributed by atoms with Gasteiger partial charge < -0.3 is 23.8 Å². The number of carboxylic acid groups (broad SMARTS) is 1. The summed E-state index contributed by atoms with van der Waals surface area (Å²) in [5.41, 5.74) is 0.607. The van der Waals surface area contributed by atoms with Crippen molar-refractivity contribution in [1.29, 1.82) is 0 Å². The molecule has 2 aromatic rings. The summed E-state index contributed by atoms with van der Waals surface area (Å²) >= 11 is 0. The fourth-order valence-electron chi connectivity index (χ4n) is 7.08. The standard InChI is InChI=1S/C39H59N2O9P/c1-12-48-51(46)25-24-40(27-29-18-13-14-21-31(29)28-19-17-20-30(26-28)47-11)32(36(2,3)4)39(51,33(42)43)22-15-16-23-41(34(44)49-37(5,6)7)35(45)50-38(8,9)10/h13-14,17-21,26,32H,12,15-16,22-25,27H2,1-11H3,(H,42,43). The predicted molar refractivity (Wildman–Crippen MR) is 200 cm³/mol. The van der Waals surface area contributed by atoms with Crippen molar-refractivity contribution in [3.8, 4) is 16.9 Å². The molecule has 3 rings (SSSR count). The summed E-state index contributed by atoms with van der Waals surface area (Å²) in [4.78, 5) is 43.1. The number of methoxy groups -OCH3 is 1. The second kappa shape index (κ2) is 16.5. The number of unbranched alkanes of at least 4 members (excludes halogenated alkanes) is 1. The van der Waals surface area contributed by atoms with Gasteiger partial charge in [-0.2, -0.15) is 0 Å².